The number of nitrogens with one attached hydrogen (secondary N) is 1. The number of rotatable bonds is 7. The SMILES string of the molecule is CN(CCc1ccncc1)C(=O)CNS(=O)(=O)N(C)C. The predicted molar refractivity (Wildman–Crippen MR) is 76.2 cm³/mol. The van der Waals surface area contributed by atoms with E-state index in [4.69, 9.17) is 0 Å². The molecule has 1 aromatic heterocycles. The first-order chi connectivity index (χ1) is 9.33. The molecule has 0 fully saturated rings. The first kappa shape index (κ1) is 16.5. The van der Waals surface area contributed by atoms with E-state index in [9.17, 15) is 13.2 Å². The molecule has 0 aliphatic rings. The molecule has 1 heterocycles. The second kappa shape index (κ2) is 7.32. The Bertz CT molecular complexity index is 531. The van der Waals surface area contributed by atoms with E-state index in [0.29, 0.717) is 13.0 Å². The lowest BCUT2D eigenvalue weighted by Gasteiger charge is -2.18. The highest BCUT2D eigenvalue weighted by molar-refractivity contribution is 7.87. The maximum Gasteiger partial charge on any atom is 0.279 e. The van der Waals surface area contributed by atoms with Crippen molar-refractivity contribution in [2.75, 3.05) is 34.2 Å². The summed E-state index contributed by atoms with van der Waals surface area (Å²) >= 11 is 0. The van der Waals surface area contributed by atoms with Gasteiger partial charge in [-0.05, 0) is 24.1 Å². The third kappa shape index (κ3) is 5.24. The van der Waals surface area contributed by atoms with Gasteiger partial charge in [-0.25, -0.2) is 0 Å². The van der Waals surface area contributed by atoms with E-state index in [1.807, 2.05) is 12.1 Å². The fraction of sp³-hybridized carbons (Fsp3) is 0.500. The molecule has 0 aliphatic carbocycles. The molecular weight excluding hydrogens is 280 g/mol. The fourth-order valence-electron chi connectivity index (χ4n) is 1.39. The van der Waals surface area contributed by atoms with Crippen molar-refractivity contribution in [1.29, 1.82) is 0 Å². The van der Waals surface area contributed by atoms with Crippen molar-refractivity contribution in [3.05, 3.63) is 30.1 Å². The molecule has 0 unspecified atom stereocenters. The highest BCUT2D eigenvalue weighted by Gasteiger charge is 2.16. The van der Waals surface area contributed by atoms with Gasteiger partial charge in [0.25, 0.3) is 10.2 Å². The van der Waals surface area contributed by atoms with Crippen LogP contribution in [0.4, 0.5) is 0 Å². The van der Waals surface area contributed by atoms with Gasteiger partial charge in [0.05, 0.1) is 6.54 Å². The molecule has 0 atom stereocenters. The number of likely N-dealkylation sites (N-methyl/N-ethyl adjacent to an activating group) is 1. The summed E-state index contributed by atoms with van der Waals surface area (Å²) in [6.45, 7) is 0.278. The monoisotopic (exact) mass is 300 g/mol. The molecule has 20 heavy (non-hydrogen) atoms. The van der Waals surface area contributed by atoms with Crippen molar-refractivity contribution in [2.24, 2.45) is 0 Å². The standard InChI is InChI=1S/C12H20N4O3S/c1-15(2)20(18,19)14-10-12(17)16(3)9-6-11-4-7-13-8-5-11/h4-5,7-8,14H,6,9-10H2,1-3H3. The molecular formula is C12H20N4O3S. The van der Waals surface area contributed by atoms with E-state index in [1.165, 1.54) is 19.0 Å². The van der Waals surface area contributed by atoms with Crippen LogP contribution in [-0.4, -0.2) is 62.7 Å². The van der Waals surface area contributed by atoms with Crippen LogP contribution in [0.5, 0.6) is 0 Å². The molecule has 0 saturated heterocycles. The number of nitrogens with zero attached hydrogens (tertiary/aromatic N) is 3. The van der Waals surface area contributed by atoms with E-state index >= 15 is 0 Å². The number of carbonyl (C=O) groups excluding carboxylic acids is 1. The number of carbonyl (C=O) groups is 1. The fourth-order valence-corrected chi connectivity index (χ4v) is 1.95. The van der Waals surface area contributed by atoms with Crippen LogP contribution in [0, 0.1) is 0 Å². The topological polar surface area (TPSA) is 82.6 Å². The molecule has 1 aromatic rings. The first-order valence-electron chi connectivity index (χ1n) is 6.13. The van der Waals surface area contributed by atoms with Crippen molar-refractivity contribution >= 4 is 16.1 Å². The molecule has 0 spiro atoms. The Morgan fingerprint density at radius 1 is 1.25 bits per heavy atom. The van der Waals surface area contributed by atoms with Crippen LogP contribution in [-0.2, 0) is 21.4 Å². The van der Waals surface area contributed by atoms with Gasteiger partial charge in [0.2, 0.25) is 5.91 Å². The van der Waals surface area contributed by atoms with Crippen LogP contribution < -0.4 is 4.72 Å². The Balaban J connectivity index is 2.40. The van der Waals surface area contributed by atoms with Crippen molar-refractivity contribution < 1.29 is 13.2 Å². The van der Waals surface area contributed by atoms with Gasteiger partial charge in [-0.2, -0.15) is 17.4 Å². The van der Waals surface area contributed by atoms with Crippen LogP contribution in [0.15, 0.2) is 24.5 Å². The zero-order valence-electron chi connectivity index (χ0n) is 11.9. The Morgan fingerprint density at radius 2 is 1.85 bits per heavy atom. The second-order valence-corrected chi connectivity index (χ2v) is 6.50. The van der Waals surface area contributed by atoms with Gasteiger partial charge in [0.15, 0.2) is 0 Å². The van der Waals surface area contributed by atoms with Gasteiger partial charge in [-0.3, -0.25) is 9.78 Å². The molecule has 112 valence electrons. The average molecular weight is 300 g/mol. The zero-order valence-corrected chi connectivity index (χ0v) is 12.7. The summed E-state index contributed by atoms with van der Waals surface area (Å²) in [6, 6.07) is 3.76. The number of aromatic nitrogens is 1. The molecule has 1 amide bonds. The van der Waals surface area contributed by atoms with Gasteiger partial charge in [-0.1, -0.05) is 0 Å². The lowest BCUT2D eigenvalue weighted by atomic mass is 10.2. The number of pyridine rings is 1. The first-order valence-corrected chi connectivity index (χ1v) is 7.57. The molecule has 0 aromatic carbocycles. The van der Waals surface area contributed by atoms with Crippen LogP contribution in [0.25, 0.3) is 0 Å². The summed E-state index contributed by atoms with van der Waals surface area (Å²) in [6.07, 6.45) is 4.09. The van der Waals surface area contributed by atoms with Gasteiger partial charge < -0.3 is 4.90 Å². The van der Waals surface area contributed by atoms with E-state index in [2.05, 4.69) is 9.71 Å². The van der Waals surface area contributed by atoms with E-state index < -0.39 is 10.2 Å². The van der Waals surface area contributed by atoms with Crippen LogP contribution in [0.1, 0.15) is 5.56 Å². The smallest absolute Gasteiger partial charge is 0.279 e. The summed E-state index contributed by atoms with van der Waals surface area (Å²) in [4.78, 5) is 17.2. The van der Waals surface area contributed by atoms with Crippen molar-refractivity contribution in [3.63, 3.8) is 0 Å². The van der Waals surface area contributed by atoms with Crippen LogP contribution in [0.3, 0.4) is 0 Å². The molecule has 1 N–H and O–H groups in total. The summed E-state index contributed by atoms with van der Waals surface area (Å²) < 4.78 is 26.2. The minimum atomic E-state index is -3.57. The highest BCUT2D eigenvalue weighted by atomic mass is 32.2. The van der Waals surface area contributed by atoms with Gasteiger partial charge >= 0.3 is 0 Å². The minimum absolute atomic E-state index is 0.243. The van der Waals surface area contributed by atoms with E-state index in [-0.39, 0.29) is 12.5 Å². The normalized spacial score (nSPS) is 11.6. The summed E-state index contributed by atoms with van der Waals surface area (Å²) in [7, 11) is 0.885. The van der Waals surface area contributed by atoms with E-state index in [1.54, 1.807) is 19.4 Å². The molecule has 1 rings (SSSR count). The van der Waals surface area contributed by atoms with Crippen LogP contribution in [0.2, 0.25) is 0 Å². The Morgan fingerprint density at radius 3 is 2.40 bits per heavy atom. The number of hydrogen-bond donors (Lipinski definition) is 1. The number of amides is 1. The highest BCUT2D eigenvalue weighted by Crippen LogP contribution is 1.99. The van der Waals surface area contributed by atoms with Crippen molar-refractivity contribution in [1.82, 2.24) is 18.9 Å². The lowest BCUT2D eigenvalue weighted by molar-refractivity contribution is -0.128. The predicted octanol–water partition coefficient (Wildman–Crippen LogP) is -0.521. The molecule has 8 heteroatoms. The average Bonchev–Trinajstić information content (AvgIpc) is 2.43. The van der Waals surface area contributed by atoms with Crippen LogP contribution >= 0.6 is 0 Å². The molecule has 0 saturated carbocycles. The maximum atomic E-state index is 11.8. The van der Waals surface area contributed by atoms with Gasteiger partial charge in [-0.15, -0.1) is 0 Å². The molecule has 0 radical (unpaired) electrons. The lowest BCUT2D eigenvalue weighted by Crippen LogP contribution is -2.43. The van der Waals surface area contributed by atoms with Crippen molar-refractivity contribution in [3.8, 4) is 0 Å². The molecule has 0 aliphatic heterocycles. The minimum Gasteiger partial charge on any atom is -0.344 e. The summed E-state index contributed by atoms with van der Waals surface area (Å²) in [5.74, 6) is -0.274. The Hall–Kier alpha value is -1.51. The van der Waals surface area contributed by atoms with Gasteiger partial charge in [0, 0.05) is 40.1 Å². The largest absolute Gasteiger partial charge is 0.344 e. The third-order valence-corrected chi connectivity index (χ3v) is 4.27. The number of hydrogen-bond acceptors (Lipinski definition) is 4. The second-order valence-electron chi connectivity index (χ2n) is 4.53. The summed E-state index contributed by atoms with van der Waals surface area (Å²) in [5, 5.41) is 0. The van der Waals surface area contributed by atoms with Gasteiger partial charge in [0.1, 0.15) is 0 Å². The zero-order chi connectivity index (χ0) is 15.2. The third-order valence-electron chi connectivity index (χ3n) is 2.80. The quantitative estimate of drug-likeness (QED) is 0.734. The maximum absolute atomic E-state index is 11.8. The summed E-state index contributed by atoms with van der Waals surface area (Å²) in [5.41, 5.74) is 1.08. The van der Waals surface area contributed by atoms with E-state index in [0.717, 1.165) is 9.87 Å². The van der Waals surface area contributed by atoms with Crippen molar-refractivity contribution in [2.45, 2.75) is 6.42 Å². The Labute approximate surface area is 119 Å². The molecule has 7 nitrogen and oxygen atoms in total. The molecule has 0 bridgehead atoms. The Kier molecular flexibility index (Phi) is 6.05.